The number of nitrogens with one attached hydrogen (secondary N) is 1. The number of anilines is 2. The van der Waals surface area contributed by atoms with Crippen LogP contribution in [-0.2, 0) is 5.67 Å². The van der Waals surface area contributed by atoms with Gasteiger partial charge in [0.1, 0.15) is 5.01 Å². The van der Waals surface area contributed by atoms with Crippen molar-refractivity contribution < 1.29 is 4.39 Å². The van der Waals surface area contributed by atoms with Crippen LogP contribution in [0, 0.1) is 6.92 Å². The molecule has 3 aromatic heterocycles. The fourth-order valence-corrected chi connectivity index (χ4v) is 3.46. The number of halogens is 1. The third-order valence-electron chi connectivity index (χ3n) is 3.66. The minimum absolute atomic E-state index is 0.00299. The van der Waals surface area contributed by atoms with Crippen molar-refractivity contribution in [1.29, 1.82) is 0 Å². The number of aryl methyl sites for hydroxylation is 1. The van der Waals surface area contributed by atoms with Gasteiger partial charge in [0, 0.05) is 18.0 Å². The van der Waals surface area contributed by atoms with Crippen LogP contribution in [0.4, 0.5) is 16.3 Å². The lowest BCUT2D eigenvalue weighted by Gasteiger charge is -2.16. The van der Waals surface area contributed by atoms with Crippen molar-refractivity contribution in [2.45, 2.75) is 39.4 Å². The van der Waals surface area contributed by atoms with E-state index in [0.29, 0.717) is 0 Å². The number of pyridine rings is 1. The summed E-state index contributed by atoms with van der Waals surface area (Å²) in [6, 6.07) is 3.71. The van der Waals surface area contributed by atoms with Gasteiger partial charge in [-0.1, -0.05) is 0 Å². The standard InChI is InChI=1S/C17H20FN7S/c1-9-12(26-13(21-9)11-6-5-7-20-8-11)10(2)22-16-24-14(17(3,4)18)23-15(19)25-16/h5-8,10H,1-4H3,(H3,19,22,23,24,25). The van der Waals surface area contributed by atoms with Crippen LogP contribution in [0.2, 0.25) is 0 Å². The maximum absolute atomic E-state index is 14.1. The number of hydrogen-bond donors (Lipinski definition) is 2. The molecule has 26 heavy (non-hydrogen) atoms. The topological polar surface area (TPSA) is 102 Å². The fraction of sp³-hybridized carbons (Fsp3) is 0.353. The summed E-state index contributed by atoms with van der Waals surface area (Å²) in [6.07, 6.45) is 3.51. The summed E-state index contributed by atoms with van der Waals surface area (Å²) in [5.41, 5.74) is 5.86. The third-order valence-corrected chi connectivity index (χ3v) is 5.05. The highest BCUT2D eigenvalue weighted by Crippen LogP contribution is 2.32. The van der Waals surface area contributed by atoms with E-state index >= 15 is 0 Å². The second-order valence-corrected chi connectivity index (χ2v) is 7.42. The average molecular weight is 373 g/mol. The van der Waals surface area contributed by atoms with Crippen molar-refractivity contribution >= 4 is 23.2 Å². The Morgan fingerprint density at radius 2 is 2.00 bits per heavy atom. The maximum Gasteiger partial charge on any atom is 0.228 e. The largest absolute Gasteiger partial charge is 0.368 e. The Morgan fingerprint density at radius 1 is 1.23 bits per heavy atom. The van der Waals surface area contributed by atoms with E-state index in [9.17, 15) is 4.39 Å². The van der Waals surface area contributed by atoms with Crippen LogP contribution in [0.3, 0.4) is 0 Å². The van der Waals surface area contributed by atoms with Gasteiger partial charge in [-0.15, -0.1) is 11.3 Å². The monoisotopic (exact) mass is 373 g/mol. The second-order valence-electron chi connectivity index (χ2n) is 6.39. The summed E-state index contributed by atoms with van der Waals surface area (Å²) in [6.45, 7) is 6.67. The van der Waals surface area contributed by atoms with E-state index in [4.69, 9.17) is 5.73 Å². The van der Waals surface area contributed by atoms with Gasteiger partial charge in [0.05, 0.1) is 16.6 Å². The first-order chi connectivity index (χ1) is 12.2. The first-order valence-electron chi connectivity index (χ1n) is 8.09. The lowest BCUT2D eigenvalue weighted by Crippen LogP contribution is -2.19. The first-order valence-corrected chi connectivity index (χ1v) is 8.91. The van der Waals surface area contributed by atoms with Gasteiger partial charge in [-0.25, -0.2) is 9.37 Å². The van der Waals surface area contributed by atoms with Gasteiger partial charge in [0.15, 0.2) is 11.5 Å². The number of nitrogen functional groups attached to an aromatic ring is 1. The summed E-state index contributed by atoms with van der Waals surface area (Å²) in [5, 5.41) is 4.05. The van der Waals surface area contributed by atoms with E-state index in [-0.39, 0.29) is 23.8 Å². The Balaban J connectivity index is 1.86. The molecule has 3 rings (SSSR count). The molecule has 0 bridgehead atoms. The minimum atomic E-state index is -1.70. The Kier molecular flexibility index (Phi) is 4.82. The normalized spacial score (nSPS) is 12.8. The number of rotatable bonds is 5. The molecule has 0 spiro atoms. The number of hydrogen-bond acceptors (Lipinski definition) is 8. The van der Waals surface area contributed by atoms with Crippen molar-refractivity contribution in [3.8, 4) is 10.6 Å². The Hall–Kier alpha value is -2.68. The fourth-order valence-electron chi connectivity index (χ4n) is 2.40. The molecule has 0 aliphatic heterocycles. The average Bonchev–Trinajstić information content (AvgIpc) is 2.96. The van der Waals surface area contributed by atoms with Crippen LogP contribution in [0.5, 0.6) is 0 Å². The molecule has 1 unspecified atom stereocenters. The molecular formula is C17H20FN7S. The molecule has 0 amide bonds. The molecule has 3 N–H and O–H groups in total. The number of nitrogens with two attached hydrogens (primary N) is 1. The van der Waals surface area contributed by atoms with Crippen molar-refractivity contribution in [3.63, 3.8) is 0 Å². The van der Waals surface area contributed by atoms with Crippen LogP contribution in [0.25, 0.3) is 10.6 Å². The molecule has 0 aromatic carbocycles. The number of aromatic nitrogens is 5. The number of alkyl halides is 1. The highest BCUT2D eigenvalue weighted by molar-refractivity contribution is 7.15. The molecular weight excluding hydrogens is 353 g/mol. The van der Waals surface area contributed by atoms with E-state index in [1.807, 2.05) is 26.0 Å². The van der Waals surface area contributed by atoms with Crippen LogP contribution >= 0.6 is 11.3 Å². The predicted molar refractivity (Wildman–Crippen MR) is 100 cm³/mol. The second kappa shape index (κ2) is 6.91. The van der Waals surface area contributed by atoms with Crippen molar-refractivity contribution in [2.75, 3.05) is 11.1 Å². The predicted octanol–water partition coefficient (Wildman–Crippen LogP) is 3.66. The van der Waals surface area contributed by atoms with Gasteiger partial charge in [0.2, 0.25) is 11.9 Å². The van der Waals surface area contributed by atoms with Crippen LogP contribution in [0.1, 0.15) is 43.2 Å². The van der Waals surface area contributed by atoms with Gasteiger partial charge >= 0.3 is 0 Å². The Morgan fingerprint density at radius 3 is 2.65 bits per heavy atom. The van der Waals surface area contributed by atoms with E-state index in [1.165, 1.54) is 13.8 Å². The molecule has 0 radical (unpaired) electrons. The highest BCUT2D eigenvalue weighted by Gasteiger charge is 2.25. The van der Waals surface area contributed by atoms with Crippen molar-refractivity contribution in [2.24, 2.45) is 0 Å². The highest BCUT2D eigenvalue weighted by atomic mass is 32.1. The lowest BCUT2D eigenvalue weighted by molar-refractivity contribution is 0.206. The molecule has 7 nitrogen and oxygen atoms in total. The number of thiazole rings is 1. The quantitative estimate of drug-likeness (QED) is 0.703. The molecule has 0 aliphatic carbocycles. The molecule has 0 fully saturated rings. The Bertz CT molecular complexity index is 905. The lowest BCUT2D eigenvalue weighted by atomic mass is 10.1. The van der Waals surface area contributed by atoms with Gasteiger partial charge in [-0.2, -0.15) is 15.0 Å². The SMILES string of the molecule is Cc1nc(-c2cccnc2)sc1C(C)Nc1nc(N)nc(C(C)(C)F)n1. The molecule has 3 aromatic rings. The summed E-state index contributed by atoms with van der Waals surface area (Å²) in [5.74, 6) is 0.214. The zero-order valence-electron chi connectivity index (χ0n) is 15.0. The summed E-state index contributed by atoms with van der Waals surface area (Å²) in [4.78, 5) is 21.9. The van der Waals surface area contributed by atoms with E-state index in [0.717, 1.165) is 21.1 Å². The van der Waals surface area contributed by atoms with Crippen LogP contribution in [0.15, 0.2) is 24.5 Å². The van der Waals surface area contributed by atoms with Crippen LogP contribution < -0.4 is 11.1 Å². The van der Waals surface area contributed by atoms with Crippen molar-refractivity contribution in [3.05, 3.63) is 40.9 Å². The van der Waals surface area contributed by atoms with E-state index in [2.05, 4.69) is 30.2 Å². The molecule has 0 saturated carbocycles. The summed E-state index contributed by atoms with van der Waals surface area (Å²) < 4.78 is 14.1. The first kappa shape index (κ1) is 18.1. The maximum atomic E-state index is 14.1. The zero-order chi connectivity index (χ0) is 18.9. The molecule has 0 aliphatic rings. The van der Waals surface area contributed by atoms with Crippen molar-refractivity contribution in [1.82, 2.24) is 24.9 Å². The molecule has 136 valence electrons. The minimum Gasteiger partial charge on any atom is -0.368 e. The van der Waals surface area contributed by atoms with Crippen LogP contribution in [-0.4, -0.2) is 24.9 Å². The smallest absolute Gasteiger partial charge is 0.228 e. The summed E-state index contributed by atoms with van der Waals surface area (Å²) >= 11 is 1.56. The molecule has 3 heterocycles. The van der Waals surface area contributed by atoms with E-state index < -0.39 is 5.67 Å². The molecule has 9 heteroatoms. The molecule has 0 saturated heterocycles. The third kappa shape index (κ3) is 3.93. The van der Waals surface area contributed by atoms with Gasteiger partial charge < -0.3 is 11.1 Å². The molecule has 1 atom stereocenters. The zero-order valence-corrected chi connectivity index (χ0v) is 15.8. The van der Waals surface area contributed by atoms with Gasteiger partial charge in [-0.3, -0.25) is 4.98 Å². The summed E-state index contributed by atoms with van der Waals surface area (Å²) in [7, 11) is 0. The van der Waals surface area contributed by atoms with E-state index in [1.54, 1.807) is 23.7 Å². The number of nitrogens with zero attached hydrogens (tertiary/aromatic N) is 5. The van der Waals surface area contributed by atoms with Gasteiger partial charge in [0.25, 0.3) is 0 Å². The Labute approximate surface area is 155 Å². The van der Waals surface area contributed by atoms with Gasteiger partial charge in [-0.05, 0) is 39.8 Å².